The van der Waals surface area contributed by atoms with E-state index in [1.165, 1.54) is 16.7 Å². The zero-order valence-corrected chi connectivity index (χ0v) is 12.3. The molecule has 1 heteroatoms. The summed E-state index contributed by atoms with van der Waals surface area (Å²) in [6.07, 6.45) is 0. The van der Waals surface area contributed by atoms with Gasteiger partial charge in [0, 0.05) is 0 Å². The van der Waals surface area contributed by atoms with Crippen LogP contribution in [0.25, 0.3) is 11.1 Å². The van der Waals surface area contributed by atoms with Crippen molar-refractivity contribution in [1.82, 2.24) is 0 Å². The number of rotatable bonds is 1. The van der Waals surface area contributed by atoms with E-state index in [1.807, 2.05) is 0 Å². The minimum absolute atomic E-state index is 0. The molecule has 1 atom stereocenters. The summed E-state index contributed by atoms with van der Waals surface area (Å²) in [5.41, 5.74) is 4.23. The molecule has 0 aliphatic carbocycles. The molecule has 0 spiro atoms. The zero-order valence-electron chi connectivity index (χ0n) is 10.9. The van der Waals surface area contributed by atoms with Gasteiger partial charge in [0.1, 0.15) is 0 Å². The number of hydrogen-bond acceptors (Lipinski definition) is 0. The molecule has 0 radical (unpaired) electrons. The molecular weight excluding hydrogens is 223 g/mol. The fourth-order valence-electron chi connectivity index (χ4n) is 2.01. The molecule has 0 bridgehead atoms. The second-order valence-corrected chi connectivity index (χ2v) is 5.16. The molecule has 0 saturated heterocycles. The first-order valence-corrected chi connectivity index (χ1v) is 5.74. The molecule has 0 amide bonds. The fourth-order valence-corrected chi connectivity index (χ4v) is 2.01. The van der Waals surface area contributed by atoms with Crippen molar-refractivity contribution in [2.45, 2.75) is 26.2 Å². The molecule has 2 aromatic rings. The minimum Gasteiger partial charge on any atom is -0.153 e. The Morgan fingerprint density at radius 3 is 1.82 bits per heavy atom. The Morgan fingerprint density at radius 2 is 1.24 bits per heavy atom. The lowest BCUT2D eigenvalue weighted by Gasteiger charge is -2.23. The maximum absolute atomic E-state index is 2.26. The summed E-state index contributed by atoms with van der Waals surface area (Å²) in [4.78, 5) is 0. The molecular formula is C16H21P. The topological polar surface area (TPSA) is 0 Å². The highest BCUT2D eigenvalue weighted by Gasteiger charge is 2.17. The van der Waals surface area contributed by atoms with Gasteiger partial charge in [-0.15, -0.1) is 0 Å². The highest BCUT2D eigenvalue weighted by molar-refractivity contribution is 6.92. The monoisotopic (exact) mass is 244 g/mol. The standard InChI is InChI=1S/C16H18.H3P/c1-16(2,3)15-12-8-7-11-14(15)13-9-5-4-6-10-13;/h4-12H,1-3H3;1H3. The van der Waals surface area contributed by atoms with Crippen LogP contribution in [-0.4, -0.2) is 0 Å². The van der Waals surface area contributed by atoms with Crippen LogP contribution in [0.1, 0.15) is 26.3 Å². The molecule has 0 saturated carbocycles. The molecule has 17 heavy (non-hydrogen) atoms. The van der Waals surface area contributed by atoms with Crippen molar-refractivity contribution in [2.75, 3.05) is 0 Å². The molecule has 90 valence electrons. The van der Waals surface area contributed by atoms with E-state index in [1.54, 1.807) is 0 Å². The van der Waals surface area contributed by atoms with Gasteiger partial charge in [0.25, 0.3) is 0 Å². The molecule has 2 aromatic carbocycles. The van der Waals surface area contributed by atoms with Crippen LogP contribution >= 0.6 is 9.90 Å². The van der Waals surface area contributed by atoms with Crippen LogP contribution < -0.4 is 0 Å². The van der Waals surface area contributed by atoms with Crippen LogP contribution in [-0.2, 0) is 5.41 Å². The maximum atomic E-state index is 2.26. The van der Waals surface area contributed by atoms with E-state index in [0.29, 0.717) is 0 Å². The van der Waals surface area contributed by atoms with Crippen LogP contribution in [0.2, 0.25) is 0 Å². The third-order valence-corrected chi connectivity index (χ3v) is 2.82. The summed E-state index contributed by atoms with van der Waals surface area (Å²) in [6.45, 7) is 6.78. The summed E-state index contributed by atoms with van der Waals surface area (Å²) in [6, 6.07) is 19.2. The molecule has 1 unspecified atom stereocenters. The largest absolute Gasteiger partial charge is 0.153 e. The van der Waals surface area contributed by atoms with E-state index in [-0.39, 0.29) is 15.3 Å². The third-order valence-electron chi connectivity index (χ3n) is 2.82. The van der Waals surface area contributed by atoms with Crippen molar-refractivity contribution in [3.63, 3.8) is 0 Å². The number of benzene rings is 2. The van der Waals surface area contributed by atoms with Crippen molar-refractivity contribution in [3.8, 4) is 11.1 Å². The van der Waals surface area contributed by atoms with E-state index in [2.05, 4.69) is 75.4 Å². The summed E-state index contributed by atoms with van der Waals surface area (Å²) >= 11 is 0. The summed E-state index contributed by atoms with van der Waals surface area (Å²) < 4.78 is 0. The van der Waals surface area contributed by atoms with Gasteiger partial charge in [-0.3, -0.25) is 0 Å². The predicted octanol–water partition coefficient (Wildman–Crippen LogP) is 4.71. The molecule has 0 aliphatic rings. The highest BCUT2D eigenvalue weighted by atomic mass is 31.0. The Bertz CT molecular complexity index is 466. The van der Waals surface area contributed by atoms with Gasteiger partial charge in [0.05, 0.1) is 0 Å². The van der Waals surface area contributed by atoms with Gasteiger partial charge < -0.3 is 0 Å². The van der Waals surface area contributed by atoms with Gasteiger partial charge in [-0.2, -0.15) is 9.90 Å². The van der Waals surface area contributed by atoms with Crippen LogP contribution in [0.15, 0.2) is 54.6 Å². The molecule has 0 N–H and O–H groups in total. The van der Waals surface area contributed by atoms with Crippen molar-refractivity contribution >= 4 is 9.90 Å². The smallest absolute Gasteiger partial charge is 0.0126 e. The van der Waals surface area contributed by atoms with Gasteiger partial charge in [-0.25, -0.2) is 0 Å². The van der Waals surface area contributed by atoms with Crippen LogP contribution in [0.3, 0.4) is 0 Å². The molecule has 0 nitrogen and oxygen atoms in total. The van der Waals surface area contributed by atoms with Crippen molar-refractivity contribution < 1.29 is 0 Å². The van der Waals surface area contributed by atoms with E-state index in [4.69, 9.17) is 0 Å². The van der Waals surface area contributed by atoms with Crippen molar-refractivity contribution in [3.05, 3.63) is 60.2 Å². The van der Waals surface area contributed by atoms with Crippen LogP contribution in [0.5, 0.6) is 0 Å². The maximum Gasteiger partial charge on any atom is -0.0126 e. The van der Waals surface area contributed by atoms with Gasteiger partial charge >= 0.3 is 0 Å². The van der Waals surface area contributed by atoms with Crippen LogP contribution in [0, 0.1) is 0 Å². The van der Waals surface area contributed by atoms with E-state index in [0.717, 1.165) is 0 Å². The minimum atomic E-state index is 0. The Kier molecular flexibility index (Phi) is 4.48. The quantitative estimate of drug-likeness (QED) is 0.637. The first-order valence-electron chi connectivity index (χ1n) is 5.74. The molecule has 2 rings (SSSR count). The Hall–Kier alpha value is -1.13. The fraction of sp³-hybridized carbons (Fsp3) is 0.250. The highest BCUT2D eigenvalue weighted by Crippen LogP contribution is 2.32. The van der Waals surface area contributed by atoms with E-state index < -0.39 is 0 Å². The SMILES string of the molecule is CC(C)(C)c1ccccc1-c1ccccc1.P. The third kappa shape index (κ3) is 3.17. The first-order chi connectivity index (χ1) is 7.59. The lowest BCUT2D eigenvalue weighted by molar-refractivity contribution is 0.592. The van der Waals surface area contributed by atoms with E-state index in [9.17, 15) is 0 Å². The van der Waals surface area contributed by atoms with Crippen molar-refractivity contribution in [2.24, 2.45) is 0 Å². The average molecular weight is 244 g/mol. The summed E-state index contributed by atoms with van der Waals surface area (Å²) in [5, 5.41) is 0. The molecule has 0 fully saturated rings. The van der Waals surface area contributed by atoms with Crippen molar-refractivity contribution in [1.29, 1.82) is 0 Å². The van der Waals surface area contributed by atoms with Gasteiger partial charge in [-0.05, 0) is 22.1 Å². The van der Waals surface area contributed by atoms with Gasteiger partial charge in [0.2, 0.25) is 0 Å². The lowest BCUT2D eigenvalue weighted by Crippen LogP contribution is -2.12. The second-order valence-electron chi connectivity index (χ2n) is 5.16. The first kappa shape index (κ1) is 13.9. The normalized spacial score (nSPS) is 10.8. The summed E-state index contributed by atoms with van der Waals surface area (Å²) in [5.74, 6) is 0. The van der Waals surface area contributed by atoms with Crippen LogP contribution in [0.4, 0.5) is 0 Å². The molecule has 0 aliphatic heterocycles. The Balaban J connectivity index is 0.00000144. The molecule has 0 aromatic heterocycles. The number of hydrogen-bond donors (Lipinski definition) is 0. The second kappa shape index (κ2) is 5.47. The van der Waals surface area contributed by atoms with E-state index >= 15 is 0 Å². The average Bonchev–Trinajstić information content (AvgIpc) is 2.29. The Labute approximate surface area is 108 Å². The lowest BCUT2D eigenvalue weighted by atomic mass is 9.82. The van der Waals surface area contributed by atoms with Gasteiger partial charge in [-0.1, -0.05) is 75.4 Å². The zero-order chi connectivity index (χ0) is 11.6. The molecule has 0 heterocycles. The Morgan fingerprint density at radius 1 is 0.706 bits per heavy atom. The predicted molar refractivity (Wildman–Crippen MR) is 81.7 cm³/mol. The summed E-state index contributed by atoms with van der Waals surface area (Å²) in [7, 11) is 0. The van der Waals surface area contributed by atoms with Gasteiger partial charge in [0.15, 0.2) is 0 Å².